The molecule has 36 heavy (non-hydrogen) atoms. The fourth-order valence-electron chi connectivity index (χ4n) is 3.40. The molecule has 14 heteroatoms. The second-order valence-electron chi connectivity index (χ2n) is 8.14. The molecule has 0 bridgehead atoms. The van der Waals surface area contributed by atoms with E-state index in [4.69, 9.17) is 21.1 Å². The standard InChI is InChI=1S/C22H29N5O9/c1-10(29)18(21(34)25-15(7-17(30)31)20(33)26-16(9-28)22(35)36)27-19(32)13(23)6-11-8-24-14-5-3-2-4-12(11)14/h2-5,8,10,13,15-16,18,24,28-29H,6-7,9,23H2,1H3,(H,25,34)(H,26,33)(H,27,32)(H,30,31)(H,35,36). The van der Waals surface area contributed by atoms with Crippen LogP contribution in [0.4, 0.5) is 0 Å². The Kier molecular flexibility index (Phi) is 9.90. The van der Waals surface area contributed by atoms with Crippen LogP contribution in [-0.4, -0.2) is 91.9 Å². The molecule has 5 unspecified atom stereocenters. The molecule has 0 aliphatic carbocycles. The van der Waals surface area contributed by atoms with Gasteiger partial charge in [0, 0.05) is 17.1 Å². The Morgan fingerprint density at radius 1 is 0.972 bits per heavy atom. The lowest BCUT2D eigenvalue weighted by Crippen LogP contribution is -2.60. The van der Waals surface area contributed by atoms with Gasteiger partial charge in [0.1, 0.15) is 18.1 Å². The minimum absolute atomic E-state index is 0.103. The molecule has 0 aliphatic rings. The van der Waals surface area contributed by atoms with Gasteiger partial charge >= 0.3 is 11.9 Å². The zero-order valence-corrected chi connectivity index (χ0v) is 19.3. The lowest BCUT2D eigenvalue weighted by Gasteiger charge is -2.25. The van der Waals surface area contributed by atoms with Gasteiger partial charge in [0.15, 0.2) is 0 Å². The summed E-state index contributed by atoms with van der Waals surface area (Å²) >= 11 is 0. The largest absolute Gasteiger partial charge is 0.481 e. The van der Waals surface area contributed by atoms with E-state index in [0.717, 1.165) is 16.5 Å². The summed E-state index contributed by atoms with van der Waals surface area (Å²) in [5.74, 6) is -6.16. The van der Waals surface area contributed by atoms with E-state index in [1.54, 1.807) is 6.20 Å². The molecule has 3 amide bonds. The first-order valence-corrected chi connectivity index (χ1v) is 10.9. The average molecular weight is 508 g/mol. The van der Waals surface area contributed by atoms with Crippen molar-refractivity contribution in [3.05, 3.63) is 36.0 Å². The number of carboxylic acids is 2. The van der Waals surface area contributed by atoms with Gasteiger partial charge in [-0.05, 0) is 25.0 Å². The molecule has 10 N–H and O–H groups in total. The molecule has 0 saturated carbocycles. The molecule has 2 aromatic rings. The molecule has 0 saturated heterocycles. The molecule has 0 radical (unpaired) electrons. The van der Waals surface area contributed by atoms with Crippen molar-refractivity contribution in [1.82, 2.24) is 20.9 Å². The van der Waals surface area contributed by atoms with E-state index in [-0.39, 0.29) is 6.42 Å². The Morgan fingerprint density at radius 2 is 1.61 bits per heavy atom. The number of para-hydroxylation sites is 1. The van der Waals surface area contributed by atoms with Crippen LogP contribution in [0.5, 0.6) is 0 Å². The summed E-state index contributed by atoms with van der Waals surface area (Å²) in [6.07, 6.45) is -0.600. The van der Waals surface area contributed by atoms with Crippen LogP contribution in [0, 0.1) is 0 Å². The molecule has 0 aliphatic heterocycles. The molecule has 1 aromatic heterocycles. The number of aliphatic hydroxyl groups excluding tert-OH is 2. The van der Waals surface area contributed by atoms with Crippen LogP contribution in [0.15, 0.2) is 30.5 Å². The maximum absolute atomic E-state index is 12.7. The third-order valence-electron chi connectivity index (χ3n) is 5.32. The van der Waals surface area contributed by atoms with Gasteiger partial charge in [-0.1, -0.05) is 18.2 Å². The Bertz CT molecular complexity index is 1120. The van der Waals surface area contributed by atoms with E-state index in [2.05, 4.69) is 15.6 Å². The highest BCUT2D eigenvalue weighted by molar-refractivity contribution is 5.96. The summed E-state index contributed by atoms with van der Waals surface area (Å²) in [5.41, 5.74) is 7.60. The monoisotopic (exact) mass is 507 g/mol. The number of aromatic nitrogens is 1. The predicted octanol–water partition coefficient (Wildman–Crippen LogP) is -2.58. The second kappa shape index (κ2) is 12.6. The highest BCUT2D eigenvalue weighted by atomic mass is 16.4. The summed E-state index contributed by atoms with van der Waals surface area (Å²) in [7, 11) is 0. The molecule has 14 nitrogen and oxygen atoms in total. The summed E-state index contributed by atoms with van der Waals surface area (Å²) in [4.78, 5) is 63.0. The van der Waals surface area contributed by atoms with Crippen LogP contribution < -0.4 is 21.7 Å². The van der Waals surface area contributed by atoms with Crippen LogP contribution in [-0.2, 0) is 30.4 Å². The number of hydrogen-bond donors (Lipinski definition) is 9. The van der Waals surface area contributed by atoms with E-state index in [1.165, 1.54) is 6.92 Å². The van der Waals surface area contributed by atoms with E-state index in [9.17, 15) is 29.1 Å². The van der Waals surface area contributed by atoms with Crippen molar-refractivity contribution < 1.29 is 44.4 Å². The van der Waals surface area contributed by atoms with E-state index in [1.807, 2.05) is 29.6 Å². The van der Waals surface area contributed by atoms with Gasteiger partial charge in [0.2, 0.25) is 17.7 Å². The maximum atomic E-state index is 12.7. The number of rotatable bonds is 13. The summed E-state index contributed by atoms with van der Waals surface area (Å²) in [6.45, 7) is 0.212. The van der Waals surface area contributed by atoms with E-state index in [0.29, 0.717) is 0 Å². The number of hydrogen-bond acceptors (Lipinski definition) is 8. The van der Waals surface area contributed by atoms with Crippen molar-refractivity contribution in [2.24, 2.45) is 5.73 Å². The first kappa shape index (κ1) is 28.2. The Morgan fingerprint density at radius 3 is 2.19 bits per heavy atom. The first-order valence-electron chi connectivity index (χ1n) is 10.9. The van der Waals surface area contributed by atoms with Crippen molar-refractivity contribution in [2.75, 3.05) is 6.61 Å². The number of fused-ring (bicyclic) bond motifs is 1. The third-order valence-corrected chi connectivity index (χ3v) is 5.32. The van der Waals surface area contributed by atoms with Crippen LogP contribution in [0.2, 0.25) is 0 Å². The smallest absolute Gasteiger partial charge is 0.328 e. The number of aliphatic carboxylic acids is 2. The van der Waals surface area contributed by atoms with Crippen molar-refractivity contribution >= 4 is 40.6 Å². The van der Waals surface area contributed by atoms with E-state index < -0.39 is 73.0 Å². The number of carbonyl (C=O) groups excluding carboxylic acids is 3. The molecule has 5 atom stereocenters. The van der Waals surface area contributed by atoms with Gasteiger partial charge in [-0.2, -0.15) is 0 Å². The van der Waals surface area contributed by atoms with Gasteiger partial charge in [0.05, 0.1) is 25.2 Å². The van der Waals surface area contributed by atoms with Crippen LogP contribution in [0.1, 0.15) is 18.9 Å². The van der Waals surface area contributed by atoms with Crippen LogP contribution in [0.3, 0.4) is 0 Å². The molecule has 0 fully saturated rings. The van der Waals surface area contributed by atoms with Gasteiger partial charge in [-0.25, -0.2) is 4.79 Å². The molecule has 1 heterocycles. The van der Waals surface area contributed by atoms with Crippen molar-refractivity contribution in [1.29, 1.82) is 0 Å². The molecular formula is C22H29N5O9. The summed E-state index contributed by atoms with van der Waals surface area (Å²) in [6, 6.07) is 1.13. The minimum atomic E-state index is -1.76. The minimum Gasteiger partial charge on any atom is -0.481 e. The van der Waals surface area contributed by atoms with Crippen molar-refractivity contribution in [3.8, 4) is 0 Å². The average Bonchev–Trinajstić information content (AvgIpc) is 3.22. The van der Waals surface area contributed by atoms with Gasteiger partial charge in [0.25, 0.3) is 0 Å². The van der Waals surface area contributed by atoms with E-state index >= 15 is 0 Å². The number of carboxylic acid groups (broad SMARTS) is 2. The normalized spacial score (nSPS) is 15.2. The lowest BCUT2D eigenvalue weighted by molar-refractivity contribution is -0.144. The molecular weight excluding hydrogens is 478 g/mol. The molecule has 196 valence electrons. The third kappa shape index (κ3) is 7.49. The number of nitrogens with one attached hydrogen (secondary N) is 4. The number of carbonyl (C=O) groups is 5. The fourth-order valence-corrected chi connectivity index (χ4v) is 3.40. The Labute approximate surface area is 204 Å². The summed E-state index contributed by atoms with van der Waals surface area (Å²) < 4.78 is 0. The zero-order chi connectivity index (χ0) is 27.0. The fraction of sp³-hybridized carbons (Fsp3) is 0.409. The first-order chi connectivity index (χ1) is 16.9. The Balaban J connectivity index is 2.10. The molecule has 0 spiro atoms. The van der Waals surface area contributed by atoms with Crippen molar-refractivity contribution in [2.45, 2.75) is 50.0 Å². The maximum Gasteiger partial charge on any atom is 0.328 e. The Hall–Kier alpha value is -4.01. The lowest BCUT2D eigenvalue weighted by atomic mass is 10.0. The molecule has 1 aromatic carbocycles. The highest BCUT2D eigenvalue weighted by Gasteiger charge is 2.33. The van der Waals surface area contributed by atoms with Crippen LogP contribution in [0.25, 0.3) is 10.9 Å². The molecule has 2 rings (SSSR count). The number of aliphatic hydroxyl groups is 2. The SMILES string of the molecule is CC(O)C(NC(=O)C(N)Cc1c[nH]c2ccccc12)C(=O)NC(CC(=O)O)C(=O)NC(CO)C(=O)O. The van der Waals surface area contributed by atoms with Crippen LogP contribution >= 0.6 is 0 Å². The van der Waals surface area contributed by atoms with Gasteiger partial charge < -0.3 is 47.1 Å². The van der Waals surface area contributed by atoms with Gasteiger partial charge in [-0.15, -0.1) is 0 Å². The number of nitrogens with two attached hydrogens (primary N) is 1. The zero-order valence-electron chi connectivity index (χ0n) is 19.3. The van der Waals surface area contributed by atoms with Gasteiger partial charge in [-0.3, -0.25) is 19.2 Å². The highest BCUT2D eigenvalue weighted by Crippen LogP contribution is 2.18. The second-order valence-corrected chi connectivity index (χ2v) is 8.14. The number of aromatic amines is 1. The predicted molar refractivity (Wildman–Crippen MR) is 124 cm³/mol. The summed E-state index contributed by atoms with van der Waals surface area (Å²) in [5, 5.41) is 44.3. The quantitative estimate of drug-likeness (QED) is 0.137. The number of amides is 3. The topological polar surface area (TPSA) is 244 Å². The van der Waals surface area contributed by atoms with Crippen molar-refractivity contribution in [3.63, 3.8) is 0 Å². The number of H-pyrrole nitrogens is 1. The number of benzene rings is 1.